The molecule has 3 aromatic rings. The molecule has 7 nitrogen and oxygen atoms in total. The van der Waals surface area contributed by atoms with E-state index in [4.69, 9.17) is 10.00 Å². The minimum atomic E-state index is 0.221. The molecule has 1 aliphatic rings. The number of piperidine rings is 1. The fourth-order valence-electron chi connectivity index (χ4n) is 4.14. The van der Waals surface area contributed by atoms with Gasteiger partial charge in [0.2, 0.25) is 17.7 Å². The summed E-state index contributed by atoms with van der Waals surface area (Å²) in [5, 5.41) is 12.1. The molecule has 186 valence electrons. The average molecular weight is 492 g/mol. The van der Waals surface area contributed by atoms with Crippen LogP contribution in [-0.4, -0.2) is 33.9 Å². The fourth-order valence-corrected chi connectivity index (χ4v) is 4.14. The summed E-state index contributed by atoms with van der Waals surface area (Å²) in [5.74, 6) is 8.21. The van der Waals surface area contributed by atoms with Gasteiger partial charge in [-0.25, -0.2) is 4.98 Å². The van der Waals surface area contributed by atoms with Crippen LogP contribution in [0.1, 0.15) is 48.4 Å². The number of carbonyl (C=O) groups excluding carboxylic acids is 1. The number of amides is 1. The average Bonchev–Trinajstić information content (AvgIpc) is 2.91. The molecule has 1 aliphatic heterocycles. The van der Waals surface area contributed by atoms with Gasteiger partial charge in [0, 0.05) is 43.0 Å². The van der Waals surface area contributed by atoms with Crippen molar-refractivity contribution < 1.29 is 9.53 Å². The van der Waals surface area contributed by atoms with Gasteiger partial charge in [0.1, 0.15) is 5.75 Å². The van der Waals surface area contributed by atoms with Crippen LogP contribution >= 0.6 is 0 Å². The first-order chi connectivity index (χ1) is 17.9. The van der Waals surface area contributed by atoms with E-state index in [2.05, 4.69) is 33.2 Å². The Morgan fingerprint density at radius 2 is 1.81 bits per heavy atom. The number of rotatable bonds is 5. The molecule has 7 heteroatoms. The molecule has 1 aromatic heterocycles. The third kappa shape index (κ3) is 6.74. The van der Waals surface area contributed by atoms with Crippen LogP contribution in [0.5, 0.6) is 11.6 Å². The summed E-state index contributed by atoms with van der Waals surface area (Å²) in [7, 11) is 0. The zero-order valence-electron chi connectivity index (χ0n) is 21.3. The number of nitrogens with one attached hydrogen (secondary N) is 1. The number of ether oxygens (including phenoxy) is 1. The Balaban J connectivity index is 1.42. The summed E-state index contributed by atoms with van der Waals surface area (Å²) in [4.78, 5) is 22.5. The number of nitrogens with zero attached hydrogens (tertiary/aromatic N) is 4. The van der Waals surface area contributed by atoms with Crippen LogP contribution in [-0.2, 0) is 4.79 Å². The number of aromatic nitrogens is 2. The maximum absolute atomic E-state index is 11.8. The number of hydrogen-bond donors (Lipinski definition) is 1. The van der Waals surface area contributed by atoms with Crippen LogP contribution < -0.4 is 10.1 Å². The second-order valence-electron chi connectivity index (χ2n) is 8.88. The van der Waals surface area contributed by atoms with Gasteiger partial charge in [-0.3, -0.25) is 4.79 Å². The smallest absolute Gasteiger partial charge is 0.230 e. The van der Waals surface area contributed by atoms with E-state index in [9.17, 15) is 4.79 Å². The minimum Gasteiger partial charge on any atom is -0.438 e. The molecule has 0 saturated carbocycles. The first-order valence-electron chi connectivity index (χ1n) is 12.3. The molecule has 0 unspecified atom stereocenters. The van der Waals surface area contributed by atoms with Crippen LogP contribution in [0.15, 0.2) is 60.3 Å². The molecule has 0 bridgehead atoms. The Labute approximate surface area is 217 Å². The number of likely N-dealkylation sites (tertiary alicyclic amines) is 1. The molecule has 0 spiro atoms. The molecule has 0 radical (unpaired) electrons. The van der Waals surface area contributed by atoms with Gasteiger partial charge < -0.3 is 15.0 Å². The summed E-state index contributed by atoms with van der Waals surface area (Å²) >= 11 is 0. The normalized spacial score (nSPS) is 12.7. The second kappa shape index (κ2) is 11.9. The van der Waals surface area contributed by atoms with Crippen molar-refractivity contribution in [2.45, 2.75) is 40.0 Å². The zero-order valence-corrected chi connectivity index (χ0v) is 21.3. The second-order valence-corrected chi connectivity index (χ2v) is 8.88. The lowest BCUT2D eigenvalue weighted by molar-refractivity contribution is -0.131. The van der Waals surface area contributed by atoms with Crippen molar-refractivity contribution in [3.63, 3.8) is 0 Å². The summed E-state index contributed by atoms with van der Waals surface area (Å²) in [5.41, 5.74) is 5.50. The van der Waals surface area contributed by atoms with Crippen LogP contribution in [0.4, 0.5) is 11.6 Å². The molecule has 1 saturated heterocycles. The van der Waals surface area contributed by atoms with E-state index < -0.39 is 0 Å². The minimum absolute atomic E-state index is 0.221. The number of allylic oxidation sites excluding steroid dienone is 1. The van der Waals surface area contributed by atoms with Gasteiger partial charge >= 0.3 is 0 Å². The van der Waals surface area contributed by atoms with E-state index in [0.717, 1.165) is 54.1 Å². The Morgan fingerprint density at radius 3 is 2.46 bits per heavy atom. The van der Waals surface area contributed by atoms with Crippen LogP contribution in [0.3, 0.4) is 0 Å². The Bertz CT molecular complexity index is 1390. The van der Waals surface area contributed by atoms with Gasteiger partial charge in [0.25, 0.3) is 0 Å². The molecule has 4 rings (SSSR count). The molecule has 37 heavy (non-hydrogen) atoms. The van der Waals surface area contributed by atoms with Crippen LogP contribution in [0.2, 0.25) is 0 Å². The molecule has 0 aliphatic carbocycles. The highest BCUT2D eigenvalue weighted by atomic mass is 16.5. The van der Waals surface area contributed by atoms with E-state index >= 15 is 0 Å². The van der Waals surface area contributed by atoms with Gasteiger partial charge in [-0.15, -0.1) is 0 Å². The summed E-state index contributed by atoms with van der Waals surface area (Å²) in [6, 6.07) is 14.9. The highest BCUT2D eigenvalue weighted by molar-refractivity contribution is 5.76. The lowest BCUT2D eigenvalue weighted by Gasteiger charge is -2.27. The van der Waals surface area contributed by atoms with E-state index in [1.165, 1.54) is 5.57 Å². The van der Waals surface area contributed by atoms with Crippen molar-refractivity contribution >= 4 is 17.5 Å². The number of hydrogen-bond acceptors (Lipinski definition) is 6. The molecule has 2 heterocycles. The third-order valence-electron chi connectivity index (χ3n) is 6.12. The Morgan fingerprint density at radius 1 is 1.11 bits per heavy atom. The monoisotopic (exact) mass is 491 g/mol. The predicted octanol–water partition coefficient (Wildman–Crippen LogP) is 5.81. The van der Waals surface area contributed by atoms with E-state index in [1.807, 2.05) is 43.9 Å². The number of anilines is 2. The number of carbonyl (C=O) groups is 1. The number of benzene rings is 2. The summed E-state index contributed by atoms with van der Waals surface area (Å²) in [6.45, 7) is 7.43. The van der Waals surface area contributed by atoms with Crippen molar-refractivity contribution in [1.29, 1.82) is 5.26 Å². The largest absolute Gasteiger partial charge is 0.438 e. The van der Waals surface area contributed by atoms with Gasteiger partial charge in [-0.05, 0) is 80.3 Å². The van der Waals surface area contributed by atoms with Crippen LogP contribution in [0, 0.1) is 37.0 Å². The fraction of sp³-hybridized carbons (Fsp3) is 0.267. The Kier molecular flexibility index (Phi) is 8.18. The SMILES string of the molecule is CCC(=O)N1CCC(=CC#Cc2cc(C)c(Oc3ccnc(Nc4ccc(C#N)cc4)n3)c(C)c2)CC1. The van der Waals surface area contributed by atoms with Gasteiger partial charge in [-0.1, -0.05) is 24.3 Å². The number of nitriles is 1. The van der Waals surface area contributed by atoms with Crippen molar-refractivity contribution in [1.82, 2.24) is 14.9 Å². The lowest BCUT2D eigenvalue weighted by atomic mass is 10.0. The topological polar surface area (TPSA) is 91.1 Å². The van der Waals surface area contributed by atoms with Crippen molar-refractivity contribution in [2.75, 3.05) is 18.4 Å². The molecular formula is C30H29N5O2. The highest BCUT2D eigenvalue weighted by Crippen LogP contribution is 2.29. The molecule has 1 N–H and O–H groups in total. The van der Waals surface area contributed by atoms with Crippen molar-refractivity contribution in [3.05, 3.63) is 82.6 Å². The highest BCUT2D eigenvalue weighted by Gasteiger charge is 2.17. The summed E-state index contributed by atoms with van der Waals surface area (Å²) < 4.78 is 6.12. The lowest BCUT2D eigenvalue weighted by Crippen LogP contribution is -2.35. The van der Waals surface area contributed by atoms with Gasteiger partial charge in [-0.2, -0.15) is 10.2 Å². The maximum Gasteiger partial charge on any atom is 0.230 e. The number of aryl methyl sites for hydroxylation is 2. The zero-order chi connectivity index (χ0) is 26.2. The Hall–Kier alpha value is -4.62. The first kappa shape index (κ1) is 25.5. The quantitative estimate of drug-likeness (QED) is 0.453. The molecule has 1 amide bonds. The van der Waals surface area contributed by atoms with Crippen molar-refractivity contribution in [3.8, 4) is 29.5 Å². The summed E-state index contributed by atoms with van der Waals surface area (Å²) in [6.07, 6.45) is 5.95. The van der Waals surface area contributed by atoms with Gasteiger partial charge in [0.15, 0.2) is 0 Å². The van der Waals surface area contributed by atoms with Crippen LogP contribution in [0.25, 0.3) is 0 Å². The third-order valence-corrected chi connectivity index (χ3v) is 6.12. The molecule has 2 aromatic carbocycles. The van der Waals surface area contributed by atoms with E-state index in [-0.39, 0.29) is 5.91 Å². The standard InChI is InChI=1S/C30H29N5O2/c1-4-28(36)35-16-13-23(14-17-35)6-5-7-25-18-21(2)29(22(3)19-25)37-27-12-15-32-30(34-27)33-26-10-8-24(20-31)9-11-26/h6,8-12,15,18-19H,4,13-14,16-17H2,1-3H3,(H,32,33,34). The molecule has 1 fully saturated rings. The molecule has 0 atom stereocenters. The van der Waals surface area contributed by atoms with Gasteiger partial charge in [0.05, 0.1) is 11.6 Å². The van der Waals surface area contributed by atoms with E-state index in [0.29, 0.717) is 23.8 Å². The predicted molar refractivity (Wildman–Crippen MR) is 144 cm³/mol. The molecular weight excluding hydrogens is 462 g/mol. The maximum atomic E-state index is 11.8. The van der Waals surface area contributed by atoms with Crippen molar-refractivity contribution in [2.24, 2.45) is 0 Å². The van der Waals surface area contributed by atoms with E-state index in [1.54, 1.807) is 36.5 Å². The first-order valence-corrected chi connectivity index (χ1v) is 12.3.